The SMILES string of the molecule is Cc1cc(C)cc(Oc2[nH]c(=O)[nH]c(=O)c2C(C)C)c1.Cc1cc(C)cc(Oc2c(C(C)C)c(=O)[nH]c(=O)n2Cc2cc(F)ccc2F)c1. The third-order valence-electron chi connectivity index (χ3n) is 7.44. The summed E-state index contributed by atoms with van der Waals surface area (Å²) in [4.78, 5) is 55.4. The number of hydrogen-bond acceptors (Lipinski definition) is 6. The molecular formula is C37H40F2N4O6. The van der Waals surface area contributed by atoms with Crippen LogP contribution in [0, 0.1) is 39.3 Å². The normalized spacial score (nSPS) is 11.0. The number of hydrogen-bond donors (Lipinski definition) is 3. The van der Waals surface area contributed by atoms with E-state index in [4.69, 9.17) is 9.47 Å². The molecule has 3 N–H and O–H groups in total. The lowest BCUT2D eigenvalue weighted by Gasteiger charge is -2.19. The molecule has 0 atom stereocenters. The second kappa shape index (κ2) is 15.1. The molecule has 0 fully saturated rings. The number of rotatable bonds is 8. The molecule has 0 bridgehead atoms. The predicted molar refractivity (Wildman–Crippen MR) is 185 cm³/mol. The molecule has 0 saturated heterocycles. The van der Waals surface area contributed by atoms with Gasteiger partial charge in [-0.05, 0) is 104 Å². The molecule has 0 radical (unpaired) electrons. The topological polar surface area (TPSA) is 139 Å². The summed E-state index contributed by atoms with van der Waals surface area (Å²) in [6.07, 6.45) is 0. The summed E-state index contributed by atoms with van der Waals surface area (Å²) in [5.41, 5.74) is 2.34. The molecule has 0 aliphatic rings. The largest absolute Gasteiger partial charge is 0.440 e. The smallest absolute Gasteiger partial charge is 0.331 e. The van der Waals surface area contributed by atoms with Crippen LogP contribution in [0.2, 0.25) is 0 Å². The van der Waals surface area contributed by atoms with E-state index in [-0.39, 0.29) is 41.3 Å². The third-order valence-corrected chi connectivity index (χ3v) is 7.44. The summed E-state index contributed by atoms with van der Waals surface area (Å²) in [5, 5.41) is 0. The highest BCUT2D eigenvalue weighted by Crippen LogP contribution is 2.30. The second-order valence-corrected chi connectivity index (χ2v) is 12.6. The molecule has 0 saturated carbocycles. The van der Waals surface area contributed by atoms with E-state index in [0.717, 1.165) is 45.0 Å². The van der Waals surface area contributed by atoms with Gasteiger partial charge in [0.2, 0.25) is 11.8 Å². The molecule has 10 nitrogen and oxygen atoms in total. The summed E-state index contributed by atoms with van der Waals surface area (Å²) in [6, 6.07) is 14.3. The molecule has 258 valence electrons. The van der Waals surface area contributed by atoms with Gasteiger partial charge in [0, 0.05) is 5.56 Å². The summed E-state index contributed by atoms with van der Waals surface area (Å²) in [5.74, 6) is -0.345. The number of halogens is 2. The molecule has 5 aromatic rings. The number of benzene rings is 3. The quantitative estimate of drug-likeness (QED) is 0.162. The van der Waals surface area contributed by atoms with Crippen LogP contribution >= 0.6 is 0 Å². The molecular weight excluding hydrogens is 634 g/mol. The van der Waals surface area contributed by atoms with Gasteiger partial charge in [0.25, 0.3) is 11.1 Å². The first-order valence-corrected chi connectivity index (χ1v) is 15.7. The first kappa shape index (κ1) is 36.3. The predicted octanol–water partition coefficient (Wildman–Crippen LogP) is 6.99. The van der Waals surface area contributed by atoms with Crippen LogP contribution in [0.1, 0.15) is 78.5 Å². The number of H-pyrrole nitrogens is 3. The van der Waals surface area contributed by atoms with Crippen LogP contribution in [0.4, 0.5) is 8.78 Å². The zero-order valence-electron chi connectivity index (χ0n) is 28.7. The van der Waals surface area contributed by atoms with Crippen LogP contribution in [-0.4, -0.2) is 19.5 Å². The maximum Gasteiger partial charge on any atom is 0.331 e. The van der Waals surface area contributed by atoms with Gasteiger partial charge in [-0.25, -0.2) is 18.4 Å². The van der Waals surface area contributed by atoms with Crippen molar-refractivity contribution in [1.82, 2.24) is 19.5 Å². The summed E-state index contributed by atoms with van der Waals surface area (Å²) < 4.78 is 40.6. The molecule has 0 aliphatic heterocycles. The van der Waals surface area contributed by atoms with Crippen LogP contribution in [0.25, 0.3) is 0 Å². The van der Waals surface area contributed by atoms with Gasteiger partial charge in [-0.2, -0.15) is 0 Å². The highest BCUT2D eigenvalue weighted by atomic mass is 19.1. The molecule has 2 heterocycles. The monoisotopic (exact) mass is 674 g/mol. The van der Waals surface area contributed by atoms with Gasteiger partial charge in [0.15, 0.2) is 0 Å². The molecule has 0 amide bonds. The first-order chi connectivity index (χ1) is 23.0. The minimum absolute atomic E-state index is 0.0161. The van der Waals surface area contributed by atoms with Crippen molar-refractivity contribution in [3.8, 4) is 23.3 Å². The van der Waals surface area contributed by atoms with E-state index in [9.17, 15) is 28.0 Å². The zero-order valence-corrected chi connectivity index (χ0v) is 28.7. The van der Waals surface area contributed by atoms with Gasteiger partial charge in [-0.1, -0.05) is 39.8 Å². The fourth-order valence-corrected chi connectivity index (χ4v) is 5.46. The first-order valence-electron chi connectivity index (χ1n) is 15.7. The minimum atomic E-state index is -0.762. The van der Waals surface area contributed by atoms with E-state index in [0.29, 0.717) is 17.1 Å². The molecule has 0 spiro atoms. The van der Waals surface area contributed by atoms with Crippen molar-refractivity contribution in [2.75, 3.05) is 0 Å². The van der Waals surface area contributed by atoms with Crippen molar-refractivity contribution >= 4 is 0 Å². The van der Waals surface area contributed by atoms with Crippen molar-refractivity contribution in [2.45, 2.75) is 73.8 Å². The Morgan fingerprint density at radius 1 is 0.653 bits per heavy atom. The lowest BCUT2D eigenvalue weighted by molar-refractivity contribution is 0.407. The van der Waals surface area contributed by atoms with Crippen molar-refractivity contribution < 1.29 is 18.3 Å². The van der Waals surface area contributed by atoms with Crippen LogP contribution in [0.5, 0.6) is 23.3 Å². The van der Waals surface area contributed by atoms with E-state index < -0.39 is 34.1 Å². The van der Waals surface area contributed by atoms with E-state index in [1.54, 1.807) is 26.0 Å². The highest BCUT2D eigenvalue weighted by Gasteiger charge is 2.21. The fourth-order valence-electron chi connectivity index (χ4n) is 5.46. The summed E-state index contributed by atoms with van der Waals surface area (Å²) >= 11 is 0. The molecule has 0 unspecified atom stereocenters. The van der Waals surface area contributed by atoms with Crippen molar-refractivity contribution in [1.29, 1.82) is 0 Å². The second-order valence-electron chi connectivity index (χ2n) is 12.6. The Labute approximate surface area is 281 Å². The molecule has 3 aromatic carbocycles. The Hall–Kier alpha value is -5.52. The van der Waals surface area contributed by atoms with Gasteiger partial charge in [-0.3, -0.25) is 29.1 Å². The van der Waals surface area contributed by atoms with E-state index in [1.165, 1.54) is 0 Å². The fraction of sp³-hybridized carbons (Fsp3) is 0.297. The Balaban J connectivity index is 0.000000237. The summed E-state index contributed by atoms with van der Waals surface area (Å²) in [7, 11) is 0. The van der Waals surface area contributed by atoms with Crippen LogP contribution in [0.3, 0.4) is 0 Å². The molecule has 5 rings (SSSR count). The van der Waals surface area contributed by atoms with Gasteiger partial charge >= 0.3 is 11.4 Å². The standard InChI is InChI=1S/C22H22F2N2O3.C15H18N2O3/c1-12(2)19-20(27)25-22(28)26(11-15-10-16(23)5-6-18(15)24)21(19)29-17-8-13(3)7-14(4)9-17;1-8(2)12-13(18)16-15(19)17-14(12)20-11-6-9(3)5-10(4)7-11/h5-10,12H,11H2,1-4H3,(H,25,27,28);5-8H,1-4H3,(H2,16,17,18,19). The van der Waals surface area contributed by atoms with Gasteiger partial charge in [0.05, 0.1) is 17.7 Å². The van der Waals surface area contributed by atoms with Crippen LogP contribution in [-0.2, 0) is 6.54 Å². The van der Waals surface area contributed by atoms with Gasteiger partial charge < -0.3 is 9.47 Å². The molecule has 12 heteroatoms. The molecule has 2 aromatic heterocycles. The number of aromatic nitrogens is 4. The molecule has 49 heavy (non-hydrogen) atoms. The Morgan fingerprint density at radius 2 is 1.16 bits per heavy atom. The van der Waals surface area contributed by atoms with Crippen molar-refractivity contribution in [3.63, 3.8) is 0 Å². The Morgan fingerprint density at radius 3 is 1.69 bits per heavy atom. The van der Waals surface area contributed by atoms with Gasteiger partial charge in [0.1, 0.15) is 23.1 Å². The summed E-state index contributed by atoms with van der Waals surface area (Å²) in [6.45, 7) is 14.8. The van der Waals surface area contributed by atoms with E-state index in [2.05, 4.69) is 15.0 Å². The average Bonchev–Trinajstić information content (AvgIpc) is 2.95. The van der Waals surface area contributed by atoms with Crippen molar-refractivity contribution in [2.24, 2.45) is 0 Å². The third kappa shape index (κ3) is 9.10. The number of ether oxygens (including phenoxy) is 2. The number of nitrogens with one attached hydrogen (secondary N) is 3. The van der Waals surface area contributed by atoms with Gasteiger partial charge in [-0.15, -0.1) is 0 Å². The van der Waals surface area contributed by atoms with E-state index in [1.807, 2.05) is 65.8 Å². The number of aromatic amines is 3. The Kier molecular flexibility index (Phi) is 11.2. The Bertz CT molecular complexity index is 2190. The zero-order chi connectivity index (χ0) is 36.2. The van der Waals surface area contributed by atoms with Crippen molar-refractivity contribution in [3.05, 3.63) is 147 Å². The average molecular weight is 675 g/mol. The minimum Gasteiger partial charge on any atom is -0.440 e. The lowest BCUT2D eigenvalue weighted by atomic mass is 10.1. The molecule has 0 aliphatic carbocycles. The lowest BCUT2D eigenvalue weighted by Crippen LogP contribution is -2.34. The van der Waals surface area contributed by atoms with Crippen LogP contribution < -0.4 is 32.0 Å². The number of nitrogens with zero attached hydrogens (tertiary/aromatic N) is 1. The maximum atomic E-state index is 14.2. The highest BCUT2D eigenvalue weighted by molar-refractivity contribution is 5.39. The maximum absolute atomic E-state index is 14.2. The number of aryl methyl sites for hydroxylation is 4. The van der Waals surface area contributed by atoms with Crippen LogP contribution in [0.15, 0.2) is 73.8 Å². The van der Waals surface area contributed by atoms with E-state index >= 15 is 0 Å².